The lowest BCUT2D eigenvalue weighted by Gasteiger charge is -2.25. The highest BCUT2D eigenvalue weighted by molar-refractivity contribution is 7.99. The highest BCUT2D eigenvalue weighted by Gasteiger charge is 2.36. The van der Waals surface area contributed by atoms with Gasteiger partial charge in [0.1, 0.15) is 0 Å². The fourth-order valence-electron chi connectivity index (χ4n) is 1.42. The number of carboxylic acid groups (broad SMARTS) is 1. The molecule has 0 aromatic heterocycles. The molecule has 0 bridgehead atoms. The molecule has 0 saturated carbocycles. The van der Waals surface area contributed by atoms with Crippen LogP contribution in [0.15, 0.2) is 0 Å². The quantitative estimate of drug-likeness (QED) is 0.668. The standard InChI is InChI=1S/C8H12O4S/c1-12-8(11)6-4-13-3-2-5(6)7(9)10/h5-6H,2-4H2,1H3,(H,9,10)/t5-,6+/m1/s1. The van der Waals surface area contributed by atoms with Crippen molar-refractivity contribution in [2.45, 2.75) is 6.42 Å². The first kappa shape index (κ1) is 10.4. The van der Waals surface area contributed by atoms with Gasteiger partial charge >= 0.3 is 11.9 Å². The Morgan fingerprint density at radius 2 is 2.15 bits per heavy atom. The molecule has 1 fully saturated rings. The van der Waals surface area contributed by atoms with E-state index >= 15 is 0 Å². The molecular weight excluding hydrogens is 192 g/mol. The fraction of sp³-hybridized carbons (Fsp3) is 0.750. The lowest BCUT2D eigenvalue weighted by atomic mass is 9.91. The van der Waals surface area contributed by atoms with Gasteiger partial charge in [-0.3, -0.25) is 9.59 Å². The van der Waals surface area contributed by atoms with Crippen LogP contribution in [-0.4, -0.2) is 35.7 Å². The lowest BCUT2D eigenvalue weighted by molar-refractivity contribution is -0.155. The number of methoxy groups -OCH3 is 1. The Labute approximate surface area is 80.6 Å². The third-order valence-corrected chi connectivity index (χ3v) is 3.30. The number of rotatable bonds is 2. The van der Waals surface area contributed by atoms with Crippen LogP contribution in [0.2, 0.25) is 0 Å². The molecule has 1 aliphatic rings. The minimum atomic E-state index is -0.893. The van der Waals surface area contributed by atoms with Crippen LogP contribution in [-0.2, 0) is 14.3 Å². The summed E-state index contributed by atoms with van der Waals surface area (Å²) in [6.45, 7) is 0. The van der Waals surface area contributed by atoms with Crippen molar-refractivity contribution < 1.29 is 19.4 Å². The maximum atomic E-state index is 11.2. The minimum Gasteiger partial charge on any atom is -0.481 e. The Morgan fingerprint density at radius 1 is 1.46 bits per heavy atom. The molecule has 1 N–H and O–H groups in total. The molecule has 0 amide bonds. The van der Waals surface area contributed by atoms with Crippen molar-refractivity contribution in [1.29, 1.82) is 0 Å². The van der Waals surface area contributed by atoms with Gasteiger partial charge in [0.25, 0.3) is 0 Å². The molecule has 0 radical (unpaired) electrons. The topological polar surface area (TPSA) is 63.6 Å². The maximum Gasteiger partial charge on any atom is 0.310 e. The average molecular weight is 204 g/mol. The Hall–Kier alpha value is -0.710. The number of carbonyl (C=O) groups excluding carboxylic acids is 1. The molecule has 0 aliphatic carbocycles. The van der Waals surface area contributed by atoms with Crippen molar-refractivity contribution in [2.24, 2.45) is 11.8 Å². The highest BCUT2D eigenvalue weighted by Crippen LogP contribution is 2.29. The van der Waals surface area contributed by atoms with E-state index in [9.17, 15) is 9.59 Å². The summed E-state index contributed by atoms with van der Waals surface area (Å²) in [4.78, 5) is 22.0. The lowest BCUT2D eigenvalue weighted by Crippen LogP contribution is -2.35. The number of carboxylic acids is 1. The number of hydrogen-bond donors (Lipinski definition) is 1. The zero-order valence-corrected chi connectivity index (χ0v) is 8.17. The number of thioether (sulfide) groups is 1. The van der Waals surface area contributed by atoms with Crippen molar-refractivity contribution in [3.05, 3.63) is 0 Å². The zero-order valence-electron chi connectivity index (χ0n) is 7.36. The van der Waals surface area contributed by atoms with Gasteiger partial charge < -0.3 is 9.84 Å². The van der Waals surface area contributed by atoms with E-state index in [0.717, 1.165) is 5.75 Å². The predicted molar refractivity (Wildman–Crippen MR) is 48.6 cm³/mol. The summed E-state index contributed by atoms with van der Waals surface area (Å²) in [6, 6.07) is 0. The molecule has 0 spiro atoms. The Morgan fingerprint density at radius 3 is 2.69 bits per heavy atom. The van der Waals surface area contributed by atoms with Gasteiger partial charge in [-0.25, -0.2) is 0 Å². The van der Waals surface area contributed by atoms with E-state index in [-0.39, 0.29) is 0 Å². The van der Waals surface area contributed by atoms with Crippen molar-refractivity contribution >= 4 is 23.7 Å². The van der Waals surface area contributed by atoms with Gasteiger partial charge in [-0.05, 0) is 12.2 Å². The Kier molecular flexibility index (Phi) is 3.59. The molecule has 4 nitrogen and oxygen atoms in total. The largest absolute Gasteiger partial charge is 0.481 e. The number of carbonyl (C=O) groups is 2. The van der Waals surface area contributed by atoms with Crippen LogP contribution >= 0.6 is 11.8 Å². The van der Waals surface area contributed by atoms with Crippen LogP contribution in [0.25, 0.3) is 0 Å². The van der Waals surface area contributed by atoms with Crippen molar-refractivity contribution in [3.63, 3.8) is 0 Å². The van der Waals surface area contributed by atoms with Crippen LogP contribution in [0, 0.1) is 11.8 Å². The second kappa shape index (κ2) is 4.50. The van der Waals surface area contributed by atoms with Crippen LogP contribution in [0.1, 0.15) is 6.42 Å². The SMILES string of the molecule is COC(=O)[C@H]1CSCC[C@H]1C(=O)O. The second-order valence-electron chi connectivity index (χ2n) is 2.94. The summed E-state index contributed by atoms with van der Waals surface area (Å²) in [5.74, 6) is -0.959. The van der Waals surface area contributed by atoms with Crippen LogP contribution < -0.4 is 0 Å². The van der Waals surface area contributed by atoms with Crippen molar-refractivity contribution in [3.8, 4) is 0 Å². The Balaban J connectivity index is 2.67. The van der Waals surface area contributed by atoms with Crippen molar-refractivity contribution in [1.82, 2.24) is 0 Å². The van der Waals surface area contributed by atoms with Gasteiger partial charge in [-0.15, -0.1) is 0 Å². The maximum absolute atomic E-state index is 11.2. The summed E-state index contributed by atoms with van der Waals surface area (Å²) >= 11 is 1.60. The third-order valence-electron chi connectivity index (χ3n) is 2.18. The minimum absolute atomic E-state index is 0.403. The monoisotopic (exact) mass is 204 g/mol. The van der Waals surface area contributed by atoms with E-state index in [1.165, 1.54) is 7.11 Å². The average Bonchev–Trinajstić information content (AvgIpc) is 2.16. The van der Waals surface area contributed by atoms with Crippen LogP contribution in [0.4, 0.5) is 0 Å². The van der Waals surface area contributed by atoms with Gasteiger partial charge in [0.2, 0.25) is 0 Å². The molecule has 1 saturated heterocycles. The molecule has 1 aliphatic heterocycles. The first-order valence-corrected chi connectivity index (χ1v) is 5.20. The highest BCUT2D eigenvalue weighted by atomic mass is 32.2. The first-order valence-electron chi connectivity index (χ1n) is 4.05. The molecule has 13 heavy (non-hydrogen) atoms. The smallest absolute Gasteiger partial charge is 0.310 e. The van der Waals surface area contributed by atoms with Crippen LogP contribution in [0.5, 0.6) is 0 Å². The van der Waals surface area contributed by atoms with E-state index in [2.05, 4.69) is 4.74 Å². The number of aliphatic carboxylic acids is 1. The molecule has 74 valence electrons. The van der Waals surface area contributed by atoms with Gasteiger partial charge in [0.05, 0.1) is 18.9 Å². The Bertz CT molecular complexity index is 216. The molecule has 5 heteroatoms. The molecule has 1 rings (SSSR count). The van der Waals surface area contributed by atoms with Gasteiger partial charge in [-0.2, -0.15) is 11.8 Å². The first-order chi connectivity index (χ1) is 6.16. The molecule has 0 aromatic carbocycles. The number of esters is 1. The predicted octanol–water partition coefficient (Wildman–Crippen LogP) is 0.613. The summed E-state index contributed by atoms with van der Waals surface area (Å²) in [5.41, 5.74) is 0. The van der Waals surface area contributed by atoms with Gasteiger partial charge in [-0.1, -0.05) is 0 Å². The van der Waals surface area contributed by atoms with Crippen LogP contribution in [0.3, 0.4) is 0 Å². The van der Waals surface area contributed by atoms with Crippen molar-refractivity contribution in [2.75, 3.05) is 18.6 Å². The normalized spacial score (nSPS) is 28.1. The van der Waals surface area contributed by atoms with Gasteiger partial charge in [0, 0.05) is 5.75 Å². The zero-order chi connectivity index (χ0) is 9.84. The summed E-state index contributed by atoms with van der Waals surface area (Å²) in [5, 5.41) is 8.84. The number of ether oxygens (including phenoxy) is 1. The van der Waals surface area contributed by atoms with E-state index in [1.54, 1.807) is 11.8 Å². The van der Waals surface area contributed by atoms with E-state index in [4.69, 9.17) is 5.11 Å². The van der Waals surface area contributed by atoms with E-state index in [0.29, 0.717) is 12.2 Å². The summed E-state index contributed by atoms with van der Waals surface area (Å²) < 4.78 is 4.55. The molecular formula is C8H12O4S. The van der Waals surface area contributed by atoms with E-state index < -0.39 is 23.8 Å². The summed E-state index contributed by atoms with van der Waals surface area (Å²) in [7, 11) is 1.29. The molecule has 2 atom stereocenters. The van der Waals surface area contributed by atoms with Gasteiger partial charge in [0.15, 0.2) is 0 Å². The third kappa shape index (κ3) is 2.37. The van der Waals surface area contributed by atoms with E-state index in [1.807, 2.05) is 0 Å². The molecule has 0 unspecified atom stereocenters. The molecule has 1 heterocycles. The fourth-order valence-corrected chi connectivity index (χ4v) is 2.63. The second-order valence-corrected chi connectivity index (χ2v) is 4.09. The number of hydrogen-bond acceptors (Lipinski definition) is 4. The summed E-state index contributed by atoms with van der Waals surface area (Å²) in [6.07, 6.45) is 0.555. The molecule has 0 aromatic rings.